The smallest absolute Gasteiger partial charge is 0.319 e. The second-order valence-electron chi connectivity index (χ2n) is 10.5. The molecule has 0 unspecified atom stereocenters. The van der Waals surface area contributed by atoms with Gasteiger partial charge in [-0.25, -0.2) is 4.79 Å². The van der Waals surface area contributed by atoms with Crippen molar-refractivity contribution in [3.63, 3.8) is 0 Å². The van der Waals surface area contributed by atoms with E-state index in [0.717, 1.165) is 44.5 Å². The molecule has 0 saturated heterocycles. The Morgan fingerprint density at radius 3 is 1.86 bits per heavy atom. The fraction of sp³-hybridized carbons (Fsp3) is 0.387. The van der Waals surface area contributed by atoms with E-state index in [-0.39, 0.29) is 16.9 Å². The third-order valence-corrected chi connectivity index (χ3v) is 8.27. The summed E-state index contributed by atoms with van der Waals surface area (Å²) in [5.41, 5.74) is 7.30. The number of unbranched alkanes of at least 4 members (excludes halogenated alkanes) is 1. The van der Waals surface area contributed by atoms with Gasteiger partial charge in [-0.3, -0.25) is 0 Å². The van der Waals surface area contributed by atoms with Crippen LogP contribution >= 0.6 is 0 Å². The van der Waals surface area contributed by atoms with Gasteiger partial charge < -0.3 is 15.5 Å². The second-order valence-corrected chi connectivity index (χ2v) is 10.5. The third-order valence-electron chi connectivity index (χ3n) is 8.27. The summed E-state index contributed by atoms with van der Waals surface area (Å²) in [5.74, 6) is 0. The average Bonchev–Trinajstić information content (AvgIpc) is 2.89. The van der Waals surface area contributed by atoms with Crippen LogP contribution in [0.25, 0.3) is 0 Å². The van der Waals surface area contributed by atoms with Crippen molar-refractivity contribution in [1.82, 2.24) is 5.32 Å². The number of hydrogen-bond donors (Lipinski definition) is 2. The molecule has 0 fully saturated rings. The molecule has 2 aliphatic heterocycles. The monoisotopic (exact) mass is 467 g/mol. The van der Waals surface area contributed by atoms with Crippen molar-refractivity contribution < 1.29 is 4.79 Å². The summed E-state index contributed by atoms with van der Waals surface area (Å²) in [5, 5.41) is 6.19. The number of urea groups is 1. The molecule has 0 bridgehead atoms. The number of nitrogens with zero attached hydrogens (tertiary/aromatic N) is 1. The Hall–Kier alpha value is -3.27. The SMILES string of the molecule is CCCCNC(=O)Nc1cc2c3c(c1)[C@@](C)(c1ccccc1)CCN3CC[C@@]2(C)c1ccccc1. The van der Waals surface area contributed by atoms with E-state index in [0.29, 0.717) is 6.54 Å². The fourth-order valence-corrected chi connectivity index (χ4v) is 5.98. The Kier molecular flexibility index (Phi) is 6.31. The zero-order valence-corrected chi connectivity index (χ0v) is 21.2. The molecule has 3 aromatic rings. The van der Waals surface area contributed by atoms with E-state index < -0.39 is 0 Å². The topological polar surface area (TPSA) is 44.4 Å². The molecule has 35 heavy (non-hydrogen) atoms. The van der Waals surface area contributed by atoms with Crippen molar-refractivity contribution in [2.24, 2.45) is 0 Å². The first-order valence-electron chi connectivity index (χ1n) is 13.1. The van der Waals surface area contributed by atoms with Crippen LogP contribution < -0.4 is 15.5 Å². The lowest BCUT2D eigenvalue weighted by Gasteiger charge is -2.50. The number of rotatable bonds is 6. The number of carbonyl (C=O) groups excluding carboxylic acids is 1. The predicted octanol–water partition coefficient (Wildman–Crippen LogP) is 6.83. The van der Waals surface area contributed by atoms with Gasteiger partial charge in [-0.1, -0.05) is 87.9 Å². The largest absolute Gasteiger partial charge is 0.371 e. The van der Waals surface area contributed by atoms with E-state index in [2.05, 4.69) is 109 Å². The van der Waals surface area contributed by atoms with Crippen molar-refractivity contribution in [3.05, 3.63) is 95.1 Å². The molecule has 2 amide bonds. The lowest BCUT2D eigenvalue weighted by atomic mass is 9.64. The lowest BCUT2D eigenvalue weighted by molar-refractivity contribution is 0.252. The molecule has 3 aromatic carbocycles. The van der Waals surface area contributed by atoms with Gasteiger partial charge >= 0.3 is 6.03 Å². The standard InChI is InChI=1S/C31H37N3O/c1-4-5-18-32-29(35)33-25-21-26-28-27(22-25)31(3,24-14-10-7-11-15-24)17-20-34(28)19-16-30(26,2)23-12-8-6-9-13-23/h6-15,21-22H,4-5,16-20H2,1-3H3,(H2,32,33,35)/t30-,31+. The normalized spacial score (nSPS) is 22.9. The lowest BCUT2D eigenvalue weighted by Crippen LogP contribution is -2.47. The van der Waals surface area contributed by atoms with Crippen LogP contribution in [0.4, 0.5) is 16.2 Å². The van der Waals surface area contributed by atoms with E-state index in [1.54, 1.807) is 0 Å². The summed E-state index contributed by atoms with van der Waals surface area (Å²) in [6.45, 7) is 9.65. The van der Waals surface area contributed by atoms with Crippen molar-refractivity contribution in [1.29, 1.82) is 0 Å². The van der Waals surface area contributed by atoms with Gasteiger partial charge in [0.2, 0.25) is 0 Å². The molecule has 4 nitrogen and oxygen atoms in total. The Bertz CT molecular complexity index is 1110. The van der Waals surface area contributed by atoms with Crippen molar-refractivity contribution in [2.75, 3.05) is 29.9 Å². The van der Waals surface area contributed by atoms with Gasteiger partial charge in [0.05, 0.1) is 0 Å². The number of amides is 2. The highest BCUT2D eigenvalue weighted by atomic mass is 16.2. The van der Waals surface area contributed by atoms with E-state index in [9.17, 15) is 4.79 Å². The van der Waals surface area contributed by atoms with Crippen LogP contribution in [0.2, 0.25) is 0 Å². The third kappa shape index (κ3) is 4.20. The molecule has 0 aliphatic carbocycles. The summed E-state index contributed by atoms with van der Waals surface area (Å²) >= 11 is 0. The minimum atomic E-state index is -0.128. The van der Waals surface area contributed by atoms with Crippen LogP contribution in [0.5, 0.6) is 0 Å². The molecule has 0 saturated carbocycles. The Balaban J connectivity index is 1.66. The molecule has 182 valence electrons. The average molecular weight is 468 g/mol. The van der Waals surface area contributed by atoms with Gasteiger partial charge in [0.1, 0.15) is 0 Å². The van der Waals surface area contributed by atoms with Crippen LogP contribution in [0.3, 0.4) is 0 Å². The molecule has 2 aliphatic rings. The zero-order valence-electron chi connectivity index (χ0n) is 21.2. The van der Waals surface area contributed by atoms with Gasteiger partial charge in [-0.15, -0.1) is 0 Å². The first-order chi connectivity index (χ1) is 17.0. The molecule has 2 atom stereocenters. The highest BCUT2D eigenvalue weighted by molar-refractivity contribution is 5.90. The highest BCUT2D eigenvalue weighted by Gasteiger charge is 2.45. The first-order valence-corrected chi connectivity index (χ1v) is 13.1. The van der Waals surface area contributed by atoms with Crippen LogP contribution in [0, 0.1) is 0 Å². The minimum absolute atomic E-state index is 0.118. The van der Waals surface area contributed by atoms with Crippen molar-refractivity contribution in [3.8, 4) is 0 Å². The fourth-order valence-electron chi connectivity index (χ4n) is 5.98. The molecule has 5 rings (SSSR count). The van der Waals surface area contributed by atoms with Gasteiger partial charge in [0, 0.05) is 41.8 Å². The maximum Gasteiger partial charge on any atom is 0.319 e. The number of benzene rings is 3. The molecule has 4 heteroatoms. The predicted molar refractivity (Wildman–Crippen MR) is 146 cm³/mol. The van der Waals surface area contributed by atoms with Crippen LogP contribution in [0.15, 0.2) is 72.8 Å². The molecular formula is C31H37N3O. The second kappa shape index (κ2) is 9.41. The van der Waals surface area contributed by atoms with Gasteiger partial charge in [0.15, 0.2) is 0 Å². The zero-order chi connectivity index (χ0) is 24.5. The summed E-state index contributed by atoms with van der Waals surface area (Å²) in [6.07, 6.45) is 4.15. The molecule has 0 aromatic heterocycles. The summed E-state index contributed by atoms with van der Waals surface area (Å²) in [6, 6.07) is 26.0. The Morgan fingerprint density at radius 1 is 0.857 bits per heavy atom. The molecular weight excluding hydrogens is 430 g/mol. The van der Waals surface area contributed by atoms with Crippen molar-refractivity contribution >= 4 is 17.4 Å². The van der Waals surface area contributed by atoms with E-state index in [1.165, 1.54) is 27.9 Å². The van der Waals surface area contributed by atoms with Crippen molar-refractivity contribution in [2.45, 2.75) is 57.3 Å². The van der Waals surface area contributed by atoms with Gasteiger partial charge in [-0.05, 0) is 53.6 Å². The van der Waals surface area contributed by atoms with Crippen LogP contribution in [0.1, 0.15) is 68.7 Å². The maximum absolute atomic E-state index is 12.8. The summed E-state index contributed by atoms with van der Waals surface area (Å²) < 4.78 is 0. The highest BCUT2D eigenvalue weighted by Crippen LogP contribution is 2.54. The van der Waals surface area contributed by atoms with Gasteiger partial charge in [0.25, 0.3) is 0 Å². The van der Waals surface area contributed by atoms with Crippen LogP contribution in [-0.2, 0) is 10.8 Å². The van der Waals surface area contributed by atoms with E-state index >= 15 is 0 Å². The molecule has 2 heterocycles. The first kappa shape index (κ1) is 23.5. The molecule has 0 spiro atoms. The number of nitrogens with one attached hydrogen (secondary N) is 2. The number of carbonyl (C=O) groups is 1. The molecule has 0 radical (unpaired) electrons. The Morgan fingerprint density at radius 2 is 1.37 bits per heavy atom. The Labute approximate surface area is 209 Å². The van der Waals surface area contributed by atoms with E-state index in [4.69, 9.17) is 0 Å². The minimum Gasteiger partial charge on any atom is -0.371 e. The maximum atomic E-state index is 12.8. The molecule has 2 N–H and O–H groups in total. The van der Waals surface area contributed by atoms with Crippen LogP contribution in [-0.4, -0.2) is 25.7 Å². The van der Waals surface area contributed by atoms with Gasteiger partial charge in [-0.2, -0.15) is 0 Å². The summed E-state index contributed by atoms with van der Waals surface area (Å²) in [4.78, 5) is 15.3. The quantitative estimate of drug-likeness (QED) is 0.390. The summed E-state index contributed by atoms with van der Waals surface area (Å²) in [7, 11) is 0. The van der Waals surface area contributed by atoms with E-state index in [1.807, 2.05) is 0 Å². The number of anilines is 2. The number of hydrogen-bond acceptors (Lipinski definition) is 2.